The molecule has 0 N–H and O–H groups in total. The Bertz CT molecular complexity index is 194. The second kappa shape index (κ2) is 3.23. The summed E-state index contributed by atoms with van der Waals surface area (Å²) in [6.07, 6.45) is 6.54. The van der Waals surface area contributed by atoms with Crippen molar-refractivity contribution in [2.45, 2.75) is 38.4 Å². The highest BCUT2D eigenvalue weighted by Crippen LogP contribution is 2.46. The quantitative estimate of drug-likeness (QED) is 0.447. The summed E-state index contributed by atoms with van der Waals surface area (Å²) in [4.78, 5) is -0.298. The smallest absolute Gasteiger partial charge is 0.104 e. The maximum atomic E-state index is 5.94. The van der Waals surface area contributed by atoms with Crippen LogP contribution in [0.5, 0.6) is 0 Å². The zero-order valence-electron chi connectivity index (χ0n) is 7.90. The number of allylic oxidation sites excluding steroid dienone is 2. The fourth-order valence-corrected chi connectivity index (χ4v) is 2.26. The Hall–Kier alpha value is 0.320. The molecule has 1 atom stereocenters. The third-order valence-corrected chi connectivity index (χ3v) is 3.52. The summed E-state index contributed by atoms with van der Waals surface area (Å²) in [5.41, 5.74) is 0.302. The Morgan fingerprint density at radius 2 is 1.83 bits per heavy atom. The minimum atomic E-state index is -0.298. The second-order valence-corrected chi connectivity index (χ2v) is 5.85. The van der Waals surface area contributed by atoms with Crippen molar-refractivity contribution in [2.75, 3.05) is 0 Å². The van der Waals surface area contributed by atoms with Crippen LogP contribution in [0, 0.1) is 10.8 Å². The van der Waals surface area contributed by atoms with Gasteiger partial charge in [-0.05, 0) is 18.3 Å². The van der Waals surface area contributed by atoms with E-state index in [1.54, 1.807) is 0 Å². The van der Waals surface area contributed by atoms with E-state index < -0.39 is 0 Å². The third-order valence-electron chi connectivity index (χ3n) is 2.53. The molecule has 0 bridgehead atoms. The summed E-state index contributed by atoms with van der Waals surface area (Å²) < 4.78 is 0. The van der Waals surface area contributed by atoms with Crippen molar-refractivity contribution in [3.63, 3.8) is 0 Å². The van der Waals surface area contributed by atoms with Crippen molar-refractivity contribution in [1.82, 2.24) is 0 Å². The molecule has 1 rings (SSSR count). The van der Waals surface area contributed by atoms with Crippen LogP contribution in [-0.4, -0.2) is 4.84 Å². The van der Waals surface area contributed by atoms with Crippen LogP contribution < -0.4 is 0 Å². The van der Waals surface area contributed by atoms with Gasteiger partial charge in [-0.25, -0.2) is 0 Å². The minimum Gasteiger partial charge on any atom is -0.104 e. The molecule has 0 heterocycles. The van der Waals surface area contributed by atoms with E-state index in [4.69, 9.17) is 23.2 Å². The molecule has 0 saturated carbocycles. The van der Waals surface area contributed by atoms with Crippen LogP contribution >= 0.6 is 23.2 Å². The number of rotatable bonds is 1. The average molecular weight is 207 g/mol. The first-order chi connectivity index (χ1) is 5.36. The molecule has 1 aliphatic carbocycles. The van der Waals surface area contributed by atoms with Crippen LogP contribution in [0.25, 0.3) is 0 Å². The Labute approximate surface area is 84.9 Å². The average Bonchev–Trinajstić information content (AvgIpc) is 1.83. The molecule has 12 heavy (non-hydrogen) atoms. The Kier molecular flexibility index (Phi) is 2.80. The molecule has 0 amide bonds. The van der Waals surface area contributed by atoms with E-state index in [1.807, 2.05) is 0 Å². The number of alkyl halides is 2. The van der Waals surface area contributed by atoms with Crippen molar-refractivity contribution in [2.24, 2.45) is 10.8 Å². The van der Waals surface area contributed by atoms with Crippen LogP contribution in [0.2, 0.25) is 0 Å². The number of halogens is 2. The molecule has 70 valence electrons. The number of hydrogen-bond acceptors (Lipinski definition) is 0. The van der Waals surface area contributed by atoms with Gasteiger partial charge in [0.1, 0.15) is 4.84 Å². The molecule has 0 fully saturated rings. The molecule has 0 aliphatic heterocycles. The van der Waals surface area contributed by atoms with Gasteiger partial charge in [-0.3, -0.25) is 0 Å². The predicted octanol–water partition coefficient (Wildman–Crippen LogP) is 4.17. The fraction of sp³-hybridized carbons (Fsp3) is 0.800. The van der Waals surface area contributed by atoms with Crippen LogP contribution in [0.1, 0.15) is 33.6 Å². The van der Waals surface area contributed by atoms with Gasteiger partial charge >= 0.3 is 0 Å². The molecule has 2 heteroatoms. The van der Waals surface area contributed by atoms with E-state index in [0.717, 1.165) is 12.8 Å². The van der Waals surface area contributed by atoms with E-state index in [9.17, 15) is 0 Å². The lowest BCUT2D eigenvalue weighted by Gasteiger charge is -2.39. The van der Waals surface area contributed by atoms with Crippen molar-refractivity contribution < 1.29 is 0 Å². The van der Waals surface area contributed by atoms with E-state index in [1.165, 1.54) is 0 Å². The standard InChI is InChI=1S/C10H16Cl2/c1-9(2)5-4-6-10(3,7-9)8(11)12/h4,6,8H,5,7H2,1-3H3/t10-/m1/s1. The summed E-state index contributed by atoms with van der Waals surface area (Å²) >= 11 is 11.9. The van der Waals surface area contributed by atoms with Crippen molar-refractivity contribution in [3.8, 4) is 0 Å². The Morgan fingerprint density at radius 3 is 2.17 bits per heavy atom. The zero-order valence-corrected chi connectivity index (χ0v) is 9.41. The van der Waals surface area contributed by atoms with Gasteiger partial charge in [0.2, 0.25) is 0 Å². The normalized spacial score (nSPS) is 34.2. The molecule has 0 radical (unpaired) electrons. The number of hydrogen-bond donors (Lipinski definition) is 0. The van der Waals surface area contributed by atoms with E-state index in [0.29, 0.717) is 5.41 Å². The van der Waals surface area contributed by atoms with E-state index >= 15 is 0 Å². The van der Waals surface area contributed by atoms with E-state index in [2.05, 4.69) is 32.9 Å². The first-order valence-electron chi connectivity index (χ1n) is 4.32. The van der Waals surface area contributed by atoms with Gasteiger partial charge in [-0.1, -0.05) is 32.9 Å². The predicted molar refractivity (Wildman–Crippen MR) is 55.8 cm³/mol. The third kappa shape index (κ3) is 2.17. The highest BCUT2D eigenvalue weighted by atomic mass is 35.5. The fourth-order valence-electron chi connectivity index (χ4n) is 1.96. The first-order valence-corrected chi connectivity index (χ1v) is 5.19. The van der Waals surface area contributed by atoms with Crippen molar-refractivity contribution in [1.29, 1.82) is 0 Å². The van der Waals surface area contributed by atoms with Gasteiger partial charge < -0.3 is 0 Å². The highest BCUT2D eigenvalue weighted by molar-refractivity contribution is 6.44. The Balaban J connectivity index is 2.82. The molecule has 1 aliphatic rings. The largest absolute Gasteiger partial charge is 0.116 e. The molecule has 0 unspecified atom stereocenters. The van der Waals surface area contributed by atoms with Gasteiger partial charge in [0.25, 0.3) is 0 Å². The van der Waals surface area contributed by atoms with Gasteiger partial charge in [-0.2, -0.15) is 0 Å². The second-order valence-electron chi connectivity index (χ2n) is 4.75. The summed E-state index contributed by atoms with van der Waals surface area (Å²) in [7, 11) is 0. The highest BCUT2D eigenvalue weighted by Gasteiger charge is 2.37. The van der Waals surface area contributed by atoms with Gasteiger partial charge in [0.15, 0.2) is 0 Å². The first kappa shape index (κ1) is 10.4. The molecule has 0 nitrogen and oxygen atoms in total. The van der Waals surface area contributed by atoms with Gasteiger partial charge in [0.05, 0.1) is 0 Å². The lowest BCUT2D eigenvalue weighted by Crippen LogP contribution is -2.32. The molecule has 0 aromatic carbocycles. The summed E-state index contributed by atoms with van der Waals surface area (Å²) in [5, 5.41) is 0. The Morgan fingerprint density at radius 1 is 1.25 bits per heavy atom. The molecular weight excluding hydrogens is 191 g/mol. The molecule has 0 aromatic rings. The van der Waals surface area contributed by atoms with Crippen LogP contribution in [-0.2, 0) is 0 Å². The zero-order chi connectivity index (χ0) is 9.41. The summed E-state index contributed by atoms with van der Waals surface area (Å²) in [6, 6.07) is 0. The topological polar surface area (TPSA) is 0 Å². The van der Waals surface area contributed by atoms with Crippen LogP contribution in [0.4, 0.5) is 0 Å². The van der Waals surface area contributed by atoms with Gasteiger partial charge in [0, 0.05) is 5.41 Å². The molecule has 0 saturated heterocycles. The molecule has 0 aromatic heterocycles. The van der Waals surface area contributed by atoms with Crippen molar-refractivity contribution in [3.05, 3.63) is 12.2 Å². The lowest BCUT2D eigenvalue weighted by atomic mass is 9.69. The molecular formula is C10H16Cl2. The van der Waals surface area contributed by atoms with Crippen molar-refractivity contribution >= 4 is 23.2 Å². The minimum absolute atomic E-state index is 0.0368. The maximum Gasteiger partial charge on any atom is 0.116 e. The van der Waals surface area contributed by atoms with Crippen LogP contribution in [0.3, 0.4) is 0 Å². The van der Waals surface area contributed by atoms with E-state index in [-0.39, 0.29) is 10.3 Å². The summed E-state index contributed by atoms with van der Waals surface area (Å²) in [6.45, 7) is 6.63. The molecule has 0 spiro atoms. The lowest BCUT2D eigenvalue weighted by molar-refractivity contribution is 0.217. The SMILES string of the molecule is CC1(C)CC=C[C@@](C)(C(Cl)Cl)C1. The maximum absolute atomic E-state index is 5.94. The monoisotopic (exact) mass is 206 g/mol. The summed E-state index contributed by atoms with van der Waals surface area (Å²) in [5.74, 6) is 0. The van der Waals surface area contributed by atoms with Gasteiger partial charge in [-0.15, -0.1) is 23.2 Å². The van der Waals surface area contributed by atoms with Crippen LogP contribution in [0.15, 0.2) is 12.2 Å².